The summed E-state index contributed by atoms with van der Waals surface area (Å²) in [5, 5.41) is 28.9. The Morgan fingerprint density at radius 2 is 1.73 bits per heavy atom. The fourth-order valence-electron chi connectivity index (χ4n) is 11.6. The molecule has 5 aliphatic rings. The minimum absolute atomic E-state index is 0.0138. The number of nitrogens with two attached hydrogens (primary N) is 1. The van der Waals surface area contributed by atoms with E-state index in [0.29, 0.717) is 24.9 Å². The van der Waals surface area contributed by atoms with Crippen LogP contribution in [-0.4, -0.2) is 69.5 Å². The van der Waals surface area contributed by atoms with Gasteiger partial charge in [0.05, 0.1) is 24.9 Å². The monoisotopic (exact) mass is 817 g/mol. The molecule has 5 aliphatic carbocycles. The number of ketones is 2. The Hall–Kier alpha value is -5.04. The van der Waals surface area contributed by atoms with E-state index in [1.54, 1.807) is 48.8 Å². The summed E-state index contributed by atoms with van der Waals surface area (Å²) in [6.07, 6.45) is 11.4. The van der Waals surface area contributed by atoms with Crippen LogP contribution < -0.4 is 11.1 Å². The Balaban J connectivity index is 0.818. The van der Waals surface area contributed by atoms with Gasteiger partial charge in [0.25, 0.3) is 0 Å². The molecule has 0 bridgehead atoms. The van der Waals surface area contributed by atoms with E-state index in [2.05, 4.69) is 17.2 Å². The largest absolute Gasteiger partial charge is 0.461 e. The molecule has 1 heterocycles. The number of nitrogens with zero attached hydrogens (tertiary/aromatic N) is 1. The van der Waals surface area contributed by atoms with E-state index >= 15 is 0 Å². The van der Waals surface area contributed by atoms with Crippen LogP contribution in [0.2, 0.25) is 0 Å². The topological polar surface area (TPSA) is 195 Å². The van der Waals surface area contributed by atoms with Crippen LogP contribution in [0.1, 0.15) is 89.2 Å². The Kier molecular flexibility index (Phi) is 11.0. The zero-order valence-corrected chi connectivity index (χ0v) is 34.5. The van der Waals surface area contributed by atoms with Gasteiger partial charge in [0, 0.05) is 46.8 Å². The maximum absolute atomic E-state index is 14.0. The van der Waals surface area contributed by atoms with Crippen molar-refractivity contribution in [3.05, 3.63) is 95.9 Å². The second-order valence-electron chi connectivity index (χ2n) is 18.7. The fraction of sp³-hybridized carbons (Fsp3) is 0.500. The number of anilines is 1. The number of carbonyl (C=O) groups excluding carboxylic acids is 5. The summed E-state index contributed by atoms with van der Waals surface area (Å²) in [5.41, 5.74) is 5.36. The normalized spacial score (nSPS) is 31.5. The number of aromatic nitrogens is 1. The second kappa shape index (κ2) is 15.8. The first-order chi connectivity index (χ1) is 28.6. The van der Waals surface area contributed by atoms with E-state index in [1.807, 2.05) is 44.2 Å². The van der Waals surface area contributed by atoms with Gasteiger partial charge >= 0.3 is 11.9 Å². The van der Waals surface area contributed by atoms with Crippen molar-refractivity contribution in [1.29, 1.82) is 0 Å². The molecule has 316 valence electrons. The molecule has 1 amide bonds. The highest BCUT2D eigenvalue weighted by Crippen LogP contribution is 2.68. The predicted octanol–water partition coefficient (Wildman–Crippen LogP) is 5.89. The maximum Gasteiger partial charge on any atom is 0.306 e. The number of fused-ring (bicyclic) bond motifs is 6. The van der Waals surface area contributed by atoms with E-state index in [0.717, 1.165) is 40.3 Å². The van der Waals surface area contributed by atoms with E-state index in [9.17, 15) is 34.2 Å². The van der Waals surface area contributed by atoms with Gasteiger partial charge in [0.1, 0.15) is 12.2 Å². The van der Waals surface area contributed by atoms with E-state index in [1.165, 1.54) is 0 Å². The summed E-state index contributed by atoms with van der Waals surface area (Å²) in [6, 6.07) is 14.6. The standard InChI is InChI=1S/C48H55N3O9/c1-28-18-38-36-11-9-33-20-35(52)12-14-45(33,2)43(36)39(53)21-46(38,3)48(28,58)40(54)27-60-42(56)23-47(15-16-47)22-41(55)59-26-29-4-6-30(7-5-29)37(24-49)44(57)51-34-10-8-32-25-50-17-13-31(32)19-34/h4-8,10,12-14,17,19-20,25,28,36-39,43,53,58H,9,11,15-16,18,21-24,26-27,49H2,1-3H3,(H,51,57)/t28-,36+,37-,38+,39+,43-,45+,46+,48+/m1/s1. The summed E-state index contributed by atoms with van der Waals surface area (Å²) in [6.45, 7) is 5.37. The Bertz CT molecular complexity index is 2280. The van der Waals surface area contributed by atoms with Crippen LogP contribution in [-0.2, 0) is 40.1 Å². The fourth-order valence-corrected chi connectivity index (χ4v) is 11.6. The Morgan fingerprint density at radius 3 is 2.45 bits per heavy atom. The highest BCUT2D eigenvalue weighted by Gasteiger charge is 2.70. The first-order valence-corrected chi connectivity index (χ1v) is 21.2. The van der Waals surface area contributed by atoms with Crippen molar-refractivity contribution >= 4 is 45.9 Å². The van der Waals surface area contributed by atoms with Crippen LogP contribution >= 0.6 is 0 Å². The molecule has 0 spiro atoms. The molecule has 0 unspecified atom stereocenters. The van der Waals surface area contributed by atoms with Gasteiger partial charge in [0.15, 0.2) is 12.4 Å². The number of aliphatic hydroxyl groups is 2. The van der Waals surface area contributed by atoms with E-state index in [4.69, 9.17) is 15.2 Å². The quantitative estimate of drug-likeness (QED) is 0.150. The lowest BCUT2D eigenvalue weighted by atomic mass is 9.46. The highest BCUT2D eigenvalue weighted by atomic mass is 16.5. The van der Waals surface area contributed by atoms with Crippen molar-refractivity contribution in [3.8, 4) is 0 Å². The number of benzene rings is 2. The number of hydrogen-bond donors (Lipinski definition) is 4. The molecular formula is C48H55N3O9. The molecule has 0 radical (unpaired) electrons. The molecule has 8 rings (SSSR count). The summed E-state index contributed by atoms with van der Waals surface area (Å²) in [7, 11) is 0. The van der Waals surface area contributed by atoms with Gasteiger partial charge in [-0.2, -0.15) is 0 Å². The van der Waals surface area contributed by atoms with Crippen molar-refractivity contribution in [3.63, 3.8) is 0 Å². The van der Waals surface area contributed by atoms with Crippen molar-refractivity contribution < 1.29 is 43.7 Å². The smallest absolute Gasteiger partial charge is 0.306 e. The zero-order valence-electron chi connectivity index (χ0n) is 34.5. The van der Waals surface area contributed by atoms with Crippen LogP contribution in [0.3, 0.4) is 0 Å². The Labute approximate surface area is 350 Å². The average molecular weight is 818 g/mol. The number of allylic oxidation sites excluding steroid dienone is 4. The van der Waals surface area contributed by atoms with Gasteiger partial charge in [0.2, 0.25) is 11.7 Å². The summed E-state index contributed by atoms with van der Waals surface area (Å²) in [4.78, 5) is 69.6. The molecule has 5 N–H and O–H groups in total. The van der Waals surface area contributed by atoms with Crippen molar-refractivity contribution in [2.75, 3.05) is 18.5 Å². The maximum atomic E-state index is 14.0. The molecule has 4 fully saturated rings. The molecule has 3 aromatic rings. The molecule has 12 heteroatoms. The number of Topliss-reactive ketones (excluding diaryl/α,β-unsaturated/α-hetero) is 1. The lowest BCUT2D eigenvalue weighted by Gasteiger charge is -2.59. The number of rotatable bonds is 13. The number of hydrogen-bond acceptors (Lipinski definition) is 11. The van der Waals surface area contributed by atoms with Crippen molar-refractivity contribution in [1.82, 2.24) is 4.98 Å². The number of nitrogens with one attached hydrogen (secondary N) is 1. The Morgan fingerprint density at radius 1 is 1.00 bits per heavy atom. The van der Waals surface area contributed by atoms with Crippen molar-refractivity contribution in [2.24, 2.45) is 45.7 Å². The summed E-state index contributed by atoms with van der Waals surface area (Å²) < 4.78 is 11.1. The zero-order chi connectivity index (χ0) is 42.6. The van der Waals surface area contributed by atoms with Crippen LogP contribution in [0, 0.1) is 39.9 Å². The molecule has 0 saturated heterocycles. The van der Waals surface area contributed by atoms with Crippen LogP contribution in [0.5, 0.6) is 0 Å². The highest BCUT2D eigenvalue weighted by molar-refractivity contribution is 6.01. The SMILES string of the molecule is C[C@@H]1C[C@H]2[C@@H]3CCC4=CC(=O)C=C[C@]4(C)[C@H]3[C@@H](O)C[C@]2(C)[C@@]1(O)C(=O)COC(=O)CC1(CC(=O)OCc2ccc([C@@H](CN)C(=O)Nc3ccc4cnccc4c3)cc2)CC1. The summed E-state index contributed by atoms with van der Waals surface area (Å²) in [5.74, 6) is -3.05. The molecule has 4 saturated carbocycles. The number of esters is 2. The molecular weight excluding hydrogens is 763 g/mol. The third-order valence-corrected chi connectivity index (χ3v) is 15.1. The molecule has 12 nitrogen and oxygen atoms in total. The minimum atomic E-state index is -1.80. The van der Waals surface area contributed by atoms with Gasteiger partial charge in [-0.1, -0.05) is 62.8 Å². The molecule has 1 aromatic heterocycles. The van der Waals surface area contributed by atoms with E-state index in [-0.39, 0.29) is 61.9 Å². The van der Waals surface area contributed by atoms with Crippen LogP contribution in [0.25, 0.3) is 10.8 Å². The molecule has 2 aromatic carbocycles. The van der Waals surface area contributed by atoms with Gasteiger partial charge in [-0.15, -0.1) is 0 Å². The van der Waals surface area contributed by atoms with Gasteiger partial charge in [-0.3, -0.25) is 29.0 Å². The average Bonchev–Trinajstić information content (AvgIpc) is 3.94. The number of amides is 1. The summed E-state index contributed by atoms with van der Waals surface area (Å²) >= 11 is 0. The third kappa shape index (κ3) is 7.40. The van der Waals surface area contributed by atoms with E-state index < -0.39 is 64.1 Å². The first kappa shape index (κ1) is 41.7. The first-order valence-electron chi connectivity index (χ1n) is 21.2. The second-order valence-corrected chi connectivity index (χ2v) is 18.7. The predicted molar refractivity (Wildman–Crippen MR) is 223 cm³/mol. The van der Waals surface area contributed by atoms with Gasteiger partial charge < -0.3 is 30.7 Å². The third-order valence-electron chi connectivity index (χ3n) is 15.1. The number of carbonyl (C=O) groups is 5. The minimum Gasteiger partial charge on any atom is -0.461 e. The van der Waals surface area contributed by atoms with Gasteiger partial charge in [-0.05, 0) is 109 Å². The molecule has 9 atom stereocenters. The van der Waals surface area contributed by atoms with Crippen LogP contribution in [0.4, 0.5) is 5.69 Å². The van der Waals surface area contributed by atoms with Gasteiger partial charge in [-0.25, -0.2) is 0 Å². The lowest BCUT2D eigenvalue weighted by molar-refractivity contribution is -0.186. The number of ether oxygens (including phenoxy) is 2. The lowest BCUT2D eigenvalue weighted by Crippen LogP contribution is -2.62. The van der Waals surface area contributed by atoms with Crippen LogP contribution in [0.15, 0.2) is 84.7 Å². The molecule has 0 aliphatic heterocycles. The van der Waals surface area contributed by atoms with Crippen molar-refractivity contribution in [2.45, 2.75) is 96.4 Å². The number of pyridine rings is 1. The number of aliphatic hydroxyl groups excluding tert-OH is 1. The molecule has 60 heavy (non-hydrogen) atoms.